The maximum Gasteiger partial charge on any atom is 0.271 e. The molecule has 0 saturated carbocycles. The molecule has 7 rings (SSSR count). The molecule has 4 aromatic carbocycles. The molecule has 0 spiro atoms. The molecule has 43 heavy (non-hydrogen) atoms. The van der Waals surface area contributed by atoms with Crippen molar-refractivity contribution in [3.8, 4) is 11.5 Å². The summed E-state index contributed by atoms with van der Waals surface area (Å²) >= 11 is 3.58. The van der Waals surface area contributed by atoms with Gasteiger partial charge in [0.25, 0.3) is 5.56 Å². The fraction of sp³-hybridized carbons (Fsp3) is 0.143. The van der Waals surface area contributed by atoms with Crippen LogP contribution in [0.2, 0.25) is 0 Å². The number of methoxy groups -OCH3 is 1. The standard InChI is InChI=1S/C35H26FIN2O3S/c1-41-29-18-21(17-28(37)33(29)42-20-24-12-6-8-14-27(24)36)19-30-34(40)39-32(23-10-3-2-4-11-23)26-16-15-22-9-5-7-13-25(22)31(26)38-35(39)43-30/h2-14,17-19,32H,15-16,20H2,1H3/b30-19-/t32-/m0/s1. The molecule has 5 nitrogen and oxygen atoms in total. The van der Waals surface area contributed by atoms with Crippen LogP contribution in [0.15, 0.2) is 106 Å². The zero-order valence-electron chi connectivity index (χ0n) is 23.2. The first-order chi connectivity index (χ1) is 21.0. The lowest BCUT2D eigenvalue weighted by Crippen LogP contribution is -2.38. The van der Waals surface area contributed by atoms with Gasteiger partial charge in [-0.05, 0) is 82.0 Å². The van der Waals surface area contributed by atoms with Crippen molar-refractivity contribution in [1.82, 2.24) is 4.57 Å². The zero-order valence-corrected chi connectivity index (χ0v) is 26.2. The number of aryl methyl sites for hydroxylation is 1. The molecule has 5 aromatic rings. The number of rotatable bonds is 6. The number of allylic oxidation sites excluding steroid dienone is 1. The molecule has 0 amide bonds. The number of hydrogen-bond acceptors (Lipinski definition) is 5. The molecular formula is C35H26FIN2O3S. The Kier molecular flexibility index (Phi) is 7.48. The number of ether oxygens (including phenoxy) is 2. The fourth-order valence-electron chi connectivity index (χ4n) is 5.84. The Morgan fingerprint density at radius 1 is 1.02 bits per heavy atom. The molecule has 0 radical (unpaired) electrons. The third-order valence-electron chi connectivity index (χ3n) is 7.87. The Labute approximate surface area is 265 Å². The van der Waals surface area contributed by atoms with Gasteiger partial charge in [0.2, 0.25) is 0 Å². The van der Waals surface area contributed by atoms with E-state index < -0.39 is 0 Å². The van der Waals surface area contributed by atoms with Crippen LogP contribution in [-0.2, 0) is 13.0 Å². The summed E-state index contributed by atoms with van der Waals surface area (Å²) in [6, 6.07) is 28.7. The largest absolute Gasteiger partial charge is 0.493 e. The van der Waals surface area contributed by atoms with Gasteiger partial charge in [-0.3, -0.25) is 9.36 Å². The molecule has 8 heteroatoms. The molecule has 2 aliphatic rings. The van der Waals surface area contributed by atoms with Crippen LogP contribution in [-0.4, -0.2) is 11.7 Å². The van der Waals surface area contributed by atoms with Gasteiger partial charge in [-0.1, -0.05) is 84.1 Å². The number of halogens is 2. The molecule has 2 heterocycles. The number of nitrogens with zero attached hydrogens (tertiary/aromatic N) is 2. The highest BCUT2D eigenvalue weighted by Gasteiger charge is 2.32. The monoisotopic (exact) mass is 700 g/mol. The molecule has 1 atom stereocenters. The van der Waals surface area contributed by atoms with Gasteiger partial charge in [0, 0.05) is 11.1 Å². The van der Waals surface area contributed by atoms with E-state index in [-0.39, 0.29) is 24.0 Å². The van der Waals surface area contributed by atoms with Crippen LogP contribution in [0.1, 0.15) is 40.3 Å². The summed E-state index contributed by atoms with van der Waals surface area (Å²) in [6.07, 6.45) is 3.65. The Hall–Kier alpha value is -4.02. The smallest absolute Gasteiger partial charge is 0.271 e. The molecule has 0 saturated heterocycles. The lowest BCUT2D eigenvalue weighted by atomic mass is 9.83. The van der Waals surface area contributed by atoms with Crippen LogP contribution < -0.4 is 24.4 Å². The summed E-state index contributed by atoms with van der Waals surface area (Å²) in [7, 11) is 1.57. The van der Waals surface area contributed by atoms with Crippen LogP contribution in [0.4, 0.5) is 4.39 Å². The number of aromatic nitrogens is 1. The van der Waals surface area contributed by atoms with E-state index >= 15 is 0 Å². The highest BCUT2D eigenvalue weighted by atomic mass is 127. The van der Waals surface area contributed by atoms with Crippen LogP contribution in [0.5, 0.6) is 11.5 Å². The number of hydrogen-bond donors (Lipinski definition) is 0. The molecule has 0 N–H and O–H groups in total. The van der Waals surface area contributed by atoms with Gasteiger partial charge in [0.05, 0.1) is 27.0 Å². The maximum absolute atomic E-state index is 14.2. The number of thiazole rings is 1. The van der Waals surface area contributed by atoms with Crippen molar-refractivity contribution in [3.05, 3.63) is 153 Å². The molecule has 1 aliphatic heterocycles. The van der Waals surface area contributed by atoms with E-state index in [1.165, 1.54) is 28.5 Å². The van der Waals surface area contributed by atoms with Gasteiger partial charge in [-0.25, -0.2) is 9.38 Å². The lowest BCUT2D eigenvalue weighted by molar-refractivity contribution is 0.277. The van der Waals surface area contributed by atoms with Crippen molar-refractivity contribution >= 4 is 45.7 Å². The quantitative estimate of drug-likeness (QED) is 0.187. The topological polar surface area (TPSA) is 52.8 Å². The van der Waals surface area contributed by atoms with Crippen LogP contribution in [0, 0.1) is 9.39 Å². The van der Waals surface area contributed by atoms with Crippen molar-refractivity contribution in [2.24, 2.45) is 4.99 Å². The molecule has 0 fully saturated rings. The average Bonchev–Trinajstić information content (AvgIpc) is 3.34. The third kappa shape index (κ3) is 5.12. The lowest BCUT2D eigenvalue weighted by Gasteiger charge is -2.30. The minimum Gasteiger partial charge on any atom is -0.493 e. The Morgan fingerprint density at radius 2 is 1.79 bits per heavy atom. The second kappa shape index (κ2) is 11.6. The second-order valence-corrected chi connectivity index (χ2v) is 12.6. The SMILES string of the molecule is COc1cc(/C=c2\sc3n(c2=O)[C@@H](c2ccccc2)C2=C(N=3)c3ccccc3CC2)cc(I)c1OCc1ccccc1F. The van der Waals surface area contributed by atoms with E-state index in [0.29, 0.717) is 26.4 Å². The van der Waals surface area contributed by atoms with E-state index in [0.717, 1.165) is 38.8 Å². The average molecular weight is 701 g/mol. The summed E-state index contributed by atoms with van der Waals surface area (Å²) in [6.45, 7) is 0.0737. The second-order valence-electron chi connectivity index (χ2n) is 10.4. The normalized spacial score (nSPS) is 15.8. The first-order valence-electron chi connectivity index (χ1n) is 13.9. The van der Waals surface area contributed by atoms with E-state index in [4.69, 9.17) is 14.5 Å². The minimum absolute atomic E-state index is 0.0723. The molecule has 1 aromatic heterocycles. The highest BCUT2D eigenvalue weighted by molar-refractivity contribution is 14.1. The van der Waals surface area contributed by atoms with Crippen molar-refractivity contribution in [2.75, 3.05) is 7.11 Å². The van der Waals surface area contributed by atoms with Crippen LogP contribution >= 0.6 is 33.9 Å². The van der Waals surface area contributed by atoms with Gasteiger partial charge in [-0.2, -0.15) is 0 Å². The van der Waals surface area contributed by atoms with Gasteiger partial charge in [-0.15, -0.1) is 0 Å². The van der Waals surface area contributed by atoms with Crippen LogP contribution in [0.3, 0.4) is 0 Å². The fourth-order valence-corrected chi connectivity index (χ4v) is 7.62. The molecular weight excluding hydrogens is 674 g/mol. The Balaban J connectivity index is 1.32. The summed E-state index contributed by atoms with van der Waals surface area (Å²) in [5.41, 5.74) is 6.86. The Morgan fingerprint density at radius 3 is 2.60 bits per heavy atom. The first kappa shape index (κ1) is 27.8. The van der Waals surface area contributed by atoms with E-state index in [9.17, 15) is 9.18 Å². The molecule has 1 aliphatic carbocycles. The highest BCUT2D eigenvalue weighted by Crippen LogP contribution is 2.41. The molecule has 214 valence electrons. The minimum atomic E-state index is -0.317. The molecule has 0 bridgehead atoms. The van der Waals surface area contributed by atoms with Crippen molar-refractivity contribution in [3.63, 3.8) is 0 Å². The van der Waals surface area contributed by atoms with E-state index in [1.54, 1.807) is 25.3 Å². The zero-order chi connectivity index (χ0) is 29.5. The van der Waals surface area contributed by atoms with Gasteiger partial charge < -0.3 is 9.47 Å². The maximum atomic E-state index is 14.2. The van der Waals surface area contributed by atoms with Gasteiger partial charge >= 0.3 is 0 Å². The van der Waals surface area contributed by atoms with Gasteiger partial charge in [0.1, 0.15) is 12.4 Å². The van der Waals surface area contributed by atoms with Crippen LogP contribution in [0.25, 0.3) is 11.8 Å². The van der Waals surface area contributed by atoms with E-state index in [1.807, 2.05) is 41.0 Å². The third-order valence-corrected chi connectivity index (χ3v) is 9.65. The van der Waals surface area contributed by atoms with E-state index in [2.05, 4.69) is 59.0 Å². The predicted molar refractivity (Wildman–Crippen MR) is 176 cm³/mol. The Bertz CT molecular complexity index is 2080. The van der Waals surface area contributed by atoms with Crippen molar-refractivity contribution in [1.29, 1.82) is 0 Å². The summed E-state index contributed by atoms with van der Waals surface area (Å²) < 4.78 is 29.1. The number of benzene rings is 4. The number of fused-ring (bicyclic) bond motifs is 3. The first-order valence-corrected chi connectivity index (χ1v) is 15.8. The van der Waals surface area contributed by atoms with Crippen molar-refractivity contribution < 1.29 is 13.9 Å². The molecule has 0 unspecified atom stereocenters. The van der Waals surface area contributed by atoms with Crippen molar-refractivity contribution in [2.45, 2.75) is 25.5 Å². The summed E-state index contributed by atoms with van der Waals surface area (Å²) in [5, 5.41) is 0. The van der Waals surface area contributed by atoms with Gasteiger partial charge in [0.15, 0.2) is 16.3 Å². The summed E-state index contributed by atoms with van der Waals surface area (Å²) in [5.74, 6) is 0.722. The predicted octanol–water partition coefficient (Wildman–Crippen LogP) is 6.65. The summed E-state index contributed by atoms with van der Waals surface area (Å²) in [4.78, 5) is 19.9.